The van der Waals surface area contributed by atoms with Gasteiger partial charge < -0.3 is 15.0 Å². The van der Waals surface area contributed by atoms with Gasteiger partial charge in [0.2, 0.25) is 11.8 Å². The van der Waals surface area contributed by atoms with Crippen molar-refractivity contribution in [1.82, 2.24) is 10.2 Å². The predicted molar refractivity (Wildman–Crippen MR) is 86.2 cm³/mol. The van der Waals surface area contributed by atoms with Gasteiger partial charge in [0.05, 0.1) is 0 Å². The first-order valence-corrected chi connectivity index (χ1v) is 7.63. The van der Waals surface area contributed by atoms with Crippen LogP contribution < -0.4 is 5.32 Å². The molecule has 1 aromatic rings. The summed E-state index contributed by atoms with van der Waals surface area (Å²) in [5.41, 5.74) is 1.06. The van der Waals surface area contributed by atoms with E-state index in [9.17, 15) is 9.59 Å². The largest absolute Gasteiger partial charge is 0.385 e. The van der Waals surface area contributed by atoms with Crippen molar-refractivity contribution in [3.8, 4) is 0 Å². The molecule has 5 nitrogen and oxygen atoms in total. The summed E-state index contributed by atoms with van der Waals surface area (Å²) >= 11 is 0. The number of rotatable bonds is 9. The van der Waals surface area contributed by atoms with Crippen LogP contribution in [0.15, 0.2) is 30.3 Å². The summed E-state index contributed by atoms with van der Waals surface area (Å²) in [5, 5.41) is 2.74. The number of nitrogens with one attached hydrogen (secondary N) is 1. The normalized spacial score (nSPS) is 10.5. The zero-order valence-electron chi connectivity index (χ0n) is 13.7. The fourth-order valence-corrected chi connectivity index (χ4v) is 2.08. The van der Waals surface area contributed by atoms with Gasteiger partial charge in [-0.25, -0.2) is 0 Å². The van der Waals surface area contributed by atoms with Crippen LogP contribution in [0, 0.1) is 0 Å². The maximum absolute atomic E-state index is 12.3. The minimum Gasteiger partial charge on any atom is -0.385 e. The van der Waals surface area contributed by atoms with Crippen molar-refractivity contribution < 1.29 is 14.3 Å². The van der Waals surface area contributed by atoms with Crippen LogP contribution in [0.3, 0.4) is 0 Å². The Morgan fingerprint density at radius 1 is 1.23 bits per heavy atom. The number of benzene rings is 1. The molecule has 122 valence electrons. The van der Waals surface area contributed by atoms with Gasteiger partial charge in [-0.15, -0.1) is 0 Å². The molecule has 0 saturated carbocycles. The Hall–Kier alpha value is -1.88. The van der Waals surface area contributed by atoms with Crippen molar-refractivity contribution in [1.29, 1.82) is 0 Å². The Morgan fingerprint density at radius 3 is 2.50 bits per heavy atom. The summed E-state index contributed by atoms with van der Waals surface area (Å²) in [5.74, 6) is -0.386. The van der Waals surface area contributed by atoms with Crippen LogP contribution in [0.2, 0.25) is 0 Å². The van der Waals surface area contributed by atoms with Gasteiger partial charge in [0.1, 0.15) is 6.42 Å². The number of ether oxygens (including phenoxy) is 1. The minimum absolute atomic E-state index is 0.0500. The third-order valence-electron chi connectivity index (χ3n) is 3.30. The summed E-state index contributed by atoms with van der Waals surface area (Å²) in [4.78, 5) is 25.9. The number of amides is 2. The highest BCUT2D eigenvalue weighted by molar-refractivity contribution is 5.96. The van der Waals surface area contributed by atoms with E-state index in [-0.39, 0.29) is 24.3 Å². The van der Waals surface area contributed by atoms with Gasteiger partial charge in [0, 0.05) is 32.8 Å². The Labute approximate surface area is 132 Å². The number of nitrogens with zero attached hydrogens (tertiary/aromatic N) is 1. The maximum Gasteiger partial charge on any atom is 0.232 e. The first-order valence-electron chi connectivity index (χ1n) is 7.63. The van der Waals surface area contributed by atoms with Gasteiger partial charge in [-0.3, -0.25) is 9.59 Å². The summed E-state index contributed by atoms with van der Waals surface area (Å²) in [6, 6.07) is 9.84. The third kappa shape index (κ3) is 6.72. The van der Waals surface area contributed by atoms with E-state index in [1.54, 1.807) is 12.0 Å². The first-order chi connectivity index (χ1) is 10.5. The number of carbonyl (C=O) groups excluding carboxylic acids is 2. The van der Waals surface area contributed by atoms with Crippen molar-refractivity contribution in [2.45, 2.75) is 39.3 Å². The molecular weight excluding hydrogens is 280 g/mol. The summed E-state index contributed by atoms with van der Waals surface area (Å²) in [7, 11) is 1.62. The molecule has 0 radical (unpaired) electrons. The molecule has 5 heteroatoms. The van der Waals surface area contributed by atoms with Crippen molar-refractivity contribution >= 4 is 11.8 Å². The molecule has 1 aromatic carbocycles. The maximum atomic E-state index is 12.3. The Morgan fingerprint density at radius 2 is 1.91 bits per heavy atom. The molecule has 0 aromatic heterocycles. The zero-order valence-corrected chi connectivity index (χ0v) is 13.7. The zero-order chi connectivity index (χ0) is 16.4. The monoisotopic (exact) mass is 306 g/mol. The molecule has 2 amide bonds. The van der Waals surface area contributed by atoms with E-state index < -0.39 is 0 Å². The molecule has 0 aliphatic rings. The summed E-state index contributed by atoms with van der Waals surface area (Å²) < 4.78 is 4.91. The molecular formula is C17H26N2O3. The molecule has 0 aliphatic carbocycles. The molecule has 1 rings (SSSR count). The Balaban J connectivity index is 2.49. The van der Waals surface area contributed by atoms with Crippen molar-refractivity contribution in [3.63, 3.8) is 0 Å². The number of hydrogen-bond acceptors (Lipinski definition) is 3. The lowest BCUT2D eigenvalue weighted by atomic mass is 10.1. The van der Waals surface area contributed by atoms with Crippen molar-refractivity contribution in [2.75, 3.05) is 20.3 Å². The van der Waals surface area contributed by atoms with Gasteiger partial charge in [0.25, 0.3) is 0 Å². The molecule has 0 fully saturated rings. The molecule has 0 unspecified atom stereocenters. The van der Waals surface area contributed by atoms with E-state index >= 15 is 0 Å². The van der Waals surface area contributed by atoms with E-state index in [2.05, 4.69) is 5.32 Å². The number of methoxy groups -OCH3 is 1. The smallest absolute Gasteiger partial charge is 0.232 e. The number of hydrogen-bond donors (Lipinski definition) is 1. The fourth-order valence-electron chi connectivity index (χ4n) is 2.08. The summed E-state index contributed by atoms with van der Waals surface area (Å²) in [6.07, 6.45) is 0.631. The Kier molecular flexibility index (Phi) is 8.22. The standard InChI is InChI=1S/C17H26N2O3/c1-14(2)19(13-15-8-5-4-6-9-15)17(21)12-16(20)18-10-7-11-22-3/h4-6,8-9,14H,7,10-13H2,1-3H3,(H,18,20). The van der Waals surface area contributed by atoms with E-state index in [0.717, 1.165) is 12.0 Å². The highest BCUT2D eigenvalue weighted by Gasteiger charge is 2.19. The van der Waals surface area contributed by atoms with Crippen LogP contribution in [0.5, 0.6) is 0 Å². The molecule has 0 saturated heterocycles. The van der Waals surface area contributed by atoms with Gasteiger partial charge in [0.15, 0.2) is 0 Å². The second kappa shape index (κ2) is 9.95. The van der Waals surface area contributed by atoms with Gasteiger partial charge in [-0.1, -0.05) is 30.3 Å². The topological polar surface area (TPSA) is 58.6 Å². The van der Waals surface area contributed by atoms with E-state index in [1.807, 2.05) is 44.2 Å². The fraction of sp³-hybridized carbons (Fsp3) is 0.529. The minimum atomic E-state index is -0.236. The van der Waals surface area contributed by atoms with E-state index in [4.69, 9.17) is 4.74 Å². The number of carbonyl (C=O) groups is 2. The third-order valence-corrected chi connectivity index (χ3v) is 3.30. The van der Waals surface area contributed by atoms with Crippen LogP contribution >= 0.6 is 0 Å². The molecule has 0 atom stereocenters. The van der Waals surface area contributed by atoms with Crippen LogP contribution in [-0.4, -0.2) is 43.0 Å². The average molecular weight is 306 g/mol. The average Bonchev–Trinajstić information content (AvgIpc) is 2.50. The SMILES string of the molecule is COCCCNC(=O)CC(=O)N(Cc1ccccc1)C(C)C. The lowest BCUT2D eigenvalue weighted by molar-refractivity contribution is -0.137. The van der Waals surface area contributed by atoms with E-state index in [0.29, 0.717) is 19.7 Å². The second-order valence-electron chi connectivity index (χ2n) is 5.47. The van der Waals surface area contributed by atoms with Crippen LogP contribution in [-0.2, 0) is 20.9 Å². The first kappa shape index (κ1) is 18.2. The van der Waals surface area contributed by atoms with Crippen LogP contribution in [0.1, 0.15) is 32.3 Å². The second-order valence-corrected chi connectivity index (χ2v) is 5.47. The van der Waals surface area contributed by atoms with Crippen LogP contribution in [0.4, 0.5) is 0 Å². The highest BCUT2D eigenvalue weighted by Crippen LogP contribution is 2.10. The van der Waals surface area contributed by atoms with Crippen molar-refractivity contribution in [2.24, 2.45) is 0 Å². The molecule has 0 spiro atoms. The van der Waals surface area contributed by atoms with Gasteiger partial charge in [-0.05, 0) is 25.8 Å². The molecule has 1 N–H and O–H groups in total. The van der Waals surface area contributed by atoms with Crippen molar-refractivity contribution in [3.05, 3.63) is 35.9 Å². The van der Waals surface area contributed by atoms with Gasteiger partial charge >= 0.3 is 0 Å². The molecule has 0 aliphatic heterocycles. The molecule has 0 heterocycles. The summed E-state index contributed by atoms with van der Waals surface area (Å²) in [6.45, 7) is 5.56. The quantitative estimate of drug-likeness (QED) is 0.560. The predicted octanol–water partition coefficient (Wildman–Crippen LogP) is 1.97. The van der Waals surface area contributed by atoms with Crippen LogP contribution in [0.25, 0.3) is 0 Å². The lowest BCUT2D eigenvalue weighted by Crippen LogP contribution is -2.39. The van der Waals surface area contributed by atoms with Gasteiger partial charge in [-0.2, -0.15) is 0 Å². The van der Waals surface area contributed by atoms with E-state index in [1.165, 1.54) is 0 Å². The molecule has 0 bridgehead atoms. The molecule has 22 heavy (non-hydrogen) atoms. The lowest BCUT2D eigenvalue weighted by Gasteiger charge is -2.26. The Bertz CT molecular complexity index is 460. The highest BCUT2D eigenvalue weighted by atomic mass is 16.5.